The largest absolute Gasteiger partial charge is 0.304 e. The van der Waals surface area contributed by atoms with E-state index in [2.05, 4.69) is 25.8 Å². The second-order valence-electron chi connectivity index (χ2n) is 3.16. The van der Waals surface area contributed by atoms with Crippen molar-refractivity contribution in [2.75, 3.05) is 19.5 Å². The van der Waals surface area contributed by atoms with Crippen molar-refractivity contribution >= 4 is 11.6 Å². The monoisotopic (exact) mass is 177 g/mol. The van der Waals surface area contributed by atoms with Crippen molar-refractivity contribution in [1.82, 2.24) is 4.90 Å². The van der Waals surface area contributed by atoms with Crippen molar-refractivity contribution in [3.63, 3.8) is 0 Å². The summed E-state index contributed by atoms with van der Waals surface area (Å²) in [6.45, 7) is 5.63. The smallest absolute Gasteiger partial charge is 0.0235 e. The molecule has 0 N–H and O–H groups in total. The lowest BCUT2D eigenvalue weighted by Crippen LogP contribution is -2.29. The zero-order valence-electron chi connectivity index (χ0n) is 7.94. The number of hydrogen-bond acceptors (Lipinski definition) is 1. The molecule has 0 radical (unpaired) electrons. The summed E-state index contributed by atoms with van der Waals surface area (Å²) in [4.78, 5) is 2.38. The van der Waals surface area contributed by atoms with E-state index < -0.39 is 0 Å². The molecule has 0 aliphatic rings. The van der Waals surface area contributed by atoms with Gasteiger partial charge in [0.25, 0.3) is 0 Å². The van der Waals surface area contributed by atoms with E-state index in [9.17, 15) is 0 Å². The molecule has 1 atom stereocenters. The van der Waals surface area contributed by atoms with Gasteiger partial charge in [-0.25, -0.2) is 0 Å². The highest BCUT2D eigenvalue weighted by Crippen LogP contribution is 2.04. The molecule has 0 aliphatic heterocycles. The molecule has 0 saturated carbocycles. The van der Waals surface area contributed by atoms with Gasteiger partial charge in [-0.15, -0.1) is 11.6 Å². The Morgan fingerprint density at radius 1 is 1.45 bits per heavy atom. The van der Waals surface area contributed by atoms with Gasteiger partial charge in [0.15, 0.2) is 0 Å². The van der Waals surface area contributed by atoms with Crippen molar-refractivity contribution in [1.29, 1.82) is 0 Å². The highest BCUT2D eigenvalue weighted by Gasteiger charge is 2.05. The van der Waals surface area contributed by atoms with Gasteiger partial charge in [-0.2, -0.15) is 0 Å². The van der Waals surface area contributed by atoms with E-state index in [0.717, 1.165) is 18.8 Å². The van der Waals surface area contributed by atoms with Crippen molar-refractivity contribution in [2.24, 2.45) is 0 Å². The van der Waals surface area contributed by atoms with Crippen molar-refractivity contribution in [3.05, 3.63) is 0 Å². The lowest BCUT2D eigenvalue weighted by Gasteiger charge is -2.23. The molecule has 0 rings (SSSR count). The Balaban J connectivity index is 3.38. The first-order valence-electron chi connectivity index (χ1n) is 4.48. The van der Waals surface area contributed by atoms with Crippen molar-refractivity contribution in [3.8, 4) is 0 Å². The summed E-state index contributed by atoms with van der Waals surface area (Å²) in [6, 6.07) is 0.711. The van der Waals surface area contributed by atoms with Crippen molar-refractivity contribution < 1.29 is 0 Å². The second-order valence-corrected chi connectivity index (χ2v) is 3.54. The van der Waals surface area contributed by atoms with Crippen LogP contribution in [0.25, 0.3) is 0 Å². The standard InChI is InChI=1S/C9H20ClN/c1-4-6-9(2)11(3)8-5-7-10/h9H,4-8H2,1-3H3. The molecule has 1 unspecified atom stereocenters. The summed E-state index contributed by atoms with van der Waals surface area (Å²) >= 11 is 5.60. The van der Waals surface area contributed by atoms with Crippen LogP contribution in [0.4, 0.5) is 0 Å². The van der Waals surface area contributed by atoms with Crippen LogP contribution in [-0.2, 0) is 0 Å². The fourth-order valence-corrected chi connectivity index (χ4v) is 1.29. The summed E-state index contributed by atoms with van der Waals surface area (Å²) in [7, 11) is 2.17. The molecule has 2 heteroatoms. The van der Waals surface area contributed by atoms with Gasteiger partial charge >= 0.3 is 0 Å². The quantitative estimate of drug-likeness (QED) is 0.564. The van der Waals surface area contributed by atoms with Crippen LogP contribution >= 0.6 is 11.6 Å². The van der Waals surface area contributed by atoms with Crippen LogP contribution in [-0.4, -0.2) is 30.4 Å². The van der Waals surface area contributed by atoms with Gasteiger partial charge in [0.1, 0.15) is 0 Å². The molecule has 0 spiro atoms. The fraction of sp³-hybridized carbons (Fsp3) is 1.00. The number of hydrogen-bond donors (Lipinski definition) is 0. The first-order valence-corrected chi connectivity index (χ1v) is 5.02. The molecule has 0 fully saturated rings. The van der Waals surface area contributed by atoms with Gasteiger partial charge in [-0.3, -0.25) is 0 Å². The van der Waals surface area contributed by atoms with Gasteiger partial charge in [0.05, 0.1) is 0 Å². The predicted molar refractivity (Wildman–Crippen MR) is 52.3 cm³/mol. The first kappa shape index (κ1) is 11.2. The maximum Gasteiger partial charge on any atom is 0.0235 e. The third-order valence-electron chi connectivity index (χ3n) is 2.10. The van der Waals surface area contributed by atoms with Gasteiger partial charge in [0.2, 0.25) is 0 Å². The topological polar surface area (TPSA) is 3.24 Å². The van der Waals surface area contributed by atoms with E-state index >= 15 is 0 Å². The van der Waals surface area contributed by atoms with Crippen LogP contribution < -0.4 is 0 Å². The average molecular weight is 178 g/mol. The van der Waals surface area contributed by atoms with E-state index in [1.165, 1.54) is 12.8 Å². The second kappa shape index (κ2) is 6.93. The fourth-order valence-electron chi connectivity index (χ4n) is 1.17. The SMILES string of the molecule is CCCC(C)N(C)CCCCl. The lowest BCUT2D eigenvalue weighted by molar-refractivity contribution is 0.246. The highest BCUT2D eigenvalue weighted by molar-refractivity contribution is 6.17. The van der Waals surface area contributed by atoms with Crippen molar-refractivity contribution in [2.45, 2.75) is 39.2 Å². The maximum atomic E-state index is 5.60. The molecular formula is C9H20ClN. The number of alkyl halides is 1. The summed E-state index contributed by atoms with van der Waals surface area (Å²) < 4.78 is 0. The molecular weight excluding hydrogens is 158 g/mol. The lowest BCUT2D eigenvalue weighted by atomic mass is 10.2. The molecule has 0 bridgehead atoms. The third kappa shape index (κ3) is 5.51. The number of halogens is 1. The summed E-state index contributed by atoms with van der Waals surface area (Å²) in [6.07, 6.45) is 3.66. The molecule has 0 saturated heterocycles. The van der Waals surface area contributed by atoms with Crippen LogP contribution in [0.1, 0.15) is 33.1 Å². The molecule has 68 valence electrons. The van der Waals surface area contributed by atoms with Gasteiger partial charge in [-0.1, -0.05) is 13.3 Å². The Morgan fingerprint density at radius 2 is 2.09 bits per heavy atom. The molecule has 0 aromatic rings. The molecule has 0 aromatic heterocycles. The highest BCUT2D eigenvalue weighted by atomic mass is 35.5. The Hall–Kier alpha value is 0.250. The molecule has 0 amide bonds. The maximum absolute atomic E-state index is 5.60. The van der Waals surface area contributed by atoms with Gasteiger partial charge < -0.3 is 4.90 Å². The van der Waals surface area contributed by atoms with Crippen LogP contribution in [0.15, 0.2) is 0 Å². The molecule has 0 aliphatic carbocycles. The predicted octanol–water partition coefficient (Wildman–Crippen LogP) is 2.74. The Labute approximate surface area is 75.7 Å². The number of nitrogens with zero attached hydrogens (tertiary/aromatic N) is 1. The van der Waals surface area contributed by atoms with Crippen LogP contribution in [0, 0.1) is 0 Å². The van der Waals surface area contributed by atoms with Gasteiger partial charge in [-0.05, 0) is 33.4 Å². The Bertz CT molecular complexity index is 85.6. The minimum Gasteiger partial charge on any atom is -0.304 e. The molecule has 0 aromatic carbocycles. The minimum atomic E-state index is 0.711. The third-order valence-corrected chi connectivity index (χ3v) is 2.37. The normalized spacial score (nSPS) is 13.9. The minimum absolute atomic E-state index is 0.711. The number of rotatable bonds is 6. The zero-order chi connectivity index (χ0) is 8.69. The summed E-state index contributed by atoms with van der Waals surface area (Å²) in [5.74, 6) is 0.781. The zero-order valence-corrected chi connectivity index (χ0v) is 8.69. The Kier molecular flexibility index (Phi) is 7.09. The van der Waals surface area contributed by atoms with Crippen LogP contribution in [0.5, 0.6) is 0 Å². The first-order chi connectivity index (χ1) is 5.22. The van der Waals surface area contributed by atoms with Gasteiger partial charge in [0, 0.05) is 11.9 Å². The van der Waals surface area contributed by atoms with E-state index in [1.54, 1.807) is 0 Å². The Morgan fingerprint density at radius 3 is 2.55 bits per heavy atom. The average Bonchev–Trinajstić information content (AvgIpc) is 2.00. The van der Waals surface area contributed by atoms with E-state index in [4.69, 9.17) is 11.6 Å². The van der Waals surface area contributed by atoms with E-state index in [-0.39, 0.29) is 0 Å². The van der Waals surface area contributed by atoms with Crippen LogP contribution in [0.2, 0.25) is 0 Å². The summed E-state index contributed by atoms with van der Waals surface area (Å²) in [5.41, 5.74) is 0. The van der Waals surface area contributed by atoms with Crippen LogP contribution in [0.3, 0.4) is 0 Å². The molecule has 0 heterocycles. The van der Waals surface area contributed by atoms with E-state index in [1.807, 2.05) is 0 Å². The molecule has 1 nitrogen and oxygen atoms in total. The van der Waals surface area contributed by atoms with E-state index in [0.29, 0.717) is 6.04 Å². The summed E-state index contributed by atoms with van der Waals surface area (Å²) in [5, 5.41) is 0. The molecule has 11 heavy (non-hydrogen) atoms.